The predicted octanol–water partition coefficient (Wildman–Crippen LogP) is 3.78. The van der Waals surface area contributed by atoms with E-state index < -0.39 is 6.10 Å². The van der Waals surface area contributed by atoms with E-state index in [4.69, 9.17) is 0 Å². The van der Waals surface area contributed by atoms with Gasteiger partial charge in [0.15, 0.2) is 0 Å². The Bertz CT molecular complexity index is 430. The molecule has 1 aromatic carbocycles. The van der Waals surface area contributed by atoms with Crippen molar-refractivity contribution in [2.75, 3.05) is 11.9 Å². The molecule has 0 aromatic heterocycles. The lowest BCUT2D eigenvalue weighted by Gasteiger charge is -2.28. The van der Waals surface area contributed by atoms with Gasteiger partial charge in [0.1, 0.15) is 5.75 Å². The number of benzene rings is 1. The number of aromatic hydroxyl groups is 1. The van der Waals surface area contributed by atoms with Crippen molar-refractivity contribution in [3.8, 4) is 5.75 Å². The molecule has 3 heteroatoms. The fourth-order valence-corrected chi connectivity index (χ4v) is 2.15. The Morgan fingerprint density at radius 2 is 1.40 bits per heavy atom. The predicted molar refractivity (Wildman–Crippen MR) is 85.7 cm³/mol. The maximum atomic E-state index is 10.6. The Balaban J connectivity index is 3.35. The largest absolute Gasteiger partial charge is 0.507 e. The first-order chi connectivity index (χ1) is 8.93. The highest BCUT2D eigenvalue weighted by Gasteiger charge is 2.26. The van der Waals surface area contributed by atoms with Crippen LogP contribution in [-0.2, 0) is 10.8 Å². The van der Waals surface area contributed by atoms with Gasteiger partial charge in [-0.2, -0.15) is 0 Å². The number of aliphatic hydroxyl groups excluding tert-OH is 1. The van der Waals surface area contributed by atoms with E-state index >= 15 is 0 Å². The fourth-order valence-electron chi connectivity index (χ4n) is 2.15. The maximum Gasteiger partial charge on any atom is 0.123 e. The molecule has 20 heavy (non-hydrogen) atoms. The van der Waals surface area contributed by atoms with Gasteiger partial charge in [-0.25, -0.2) is 0 Å². The van der Waals surface area contributed by atoms with Gasteiger partial charge < -0.3 is 15.5 Å². The van der Waals surface area contributed by atoms with Crippen LogP contribution in [0.1, 0.15) is 59.6 Å². The van der Waals surface area contributed by atoms with Crippen LogP contribution >= 0.6 is 0 Å². The second-order valence-electron chi connectivity index (χ2n) is 7.65. The van der Waals surface area contributed by atoms with Crippen LogP contribution in [-0.4, -0.2) is 22.9 Å². The molecule has 0 aliphatic rings. The molecule has 0 amide bonds. The van der Waals surface area contributed by atoms with Crippen molar-refractivity contribution < 1.29 is 10.2 Å². The van der Waals surface area contributed by atoms with Gasteiger partial charge in [0.05, 0.1) is 6.10 Å². The first-order valence-corrected chi connectivity index (χ1v) is 7.23. The summed E-state index contributed by atoms with van der Waals surface area (Å²) in [5.74, 6) is 0.382. The third-order valence-corrected chi connectivity index (χ3v) is 3.33. The molecule has 3 nitrogen and oxygen atoms in total. The molecule has 0 fully saturated rings. The molecule has 0 radical (unpaired) electrons. The van der Waals surface area contributed by atoms with Crippen LogP contribution in [0.15, 0.2) is 12.1 Å². The van der Waals surface area contributed by atoms with Crippen LogP contribution in [0.3, 0.4) is 0 Å². The fraction of sp³-hybridized carbons (Fsp3) is 0.647. The smallest absolute Gasteiger partial charge is 0.123 e. The van der Waals surface area contributed by atoms with Gasteiger partial charge in [0.25, 0.3) is 0 Å². The Morgan fingerprint density at radius 1 is 1.00 bits per heavy atom. The maximum absolute atomic E-state index is 10.6. The minimum Gasteiger partial charge on any atom is -0.507 e. The second-order valence-corrected chi connectivity index (χ2v) is 7.65. The Kier molecular flexibility index (Phi) is 4.75. The zero-order valence-corrected chi connectivity index (χ0v) is 13.8. The first-order valence-electron chi connectivity index (χ1n) is 7.23. The minimum absolute atomic E-state index is 0.132. The summed E-state index contributed by atoms with van der Waals surface area (Å²) in [5.41, 5.74) is 2.54. The van der Waals surface area contributed by atoms with Crippen molar-refractivity contribution >= 4 is 5.69 Å². The van der Waals surface area contributed by atoms with Crippen molar-refractivity contribution in [3.05, 3.63) is 23.3 Å². The number of nitrogens with one attached hydrogen (secondary N) is 1. The highest BCUT2D eigenvalue weighted by Crippen LogP contribution is 2.40. The molecular formula is C17H29NO2. The van der Waals surface area contributed by atoms with Gasteiger partial charge in [-0.3, -0.25) is 0 Å². The molecule has 0 aliphatic heterocycles. The van der Waals surface area contributed by atoms with Crippen molar-refractivity contribution in [1.82, 2.24) is 0 Å². The van der Waals surface area contributed by atoms with Gasteiger partial charge in [-0.05, 0) is 29.9 Å². The summed E-state index contributed by atoms with van der Waals surface area (Å²) in [4.78, 5) is 0. The van der Waals surface area contributed by atoms with Gasteiger partial charge in [0.2, 0.25) is 0 Å². The lowest BCUT2D eigenvalue weighted by Crippen LogP contribution is -2.20. The minimum atomic E-state index is -0.403. The molecule has 0 spiro atoms. The molecule has 0 saturated carbocycles. The lowest BCUT2D eigenvalue weighted by atomic mass is 9.79. The molecule has 3 N–H and O–H groups in total. The molecule has 0 bridgehead atoms. The van der Waals surface area contributed by atoms with Crippen molar-refractivity contribution in [3.63, 3.8) is 0 Å². The highest BCUT2D eigenvalue weighted by molar-refractivity contribution is 5.59. The van der Waals surface area contributed by atoms with Gasteiger partial charge >= 0.3 is 0 Å². The van der Waals surface area contributed by atoms with E-state index in [2.05, 4.69) is 46.9 Å². The van der Waals surface area contributed by atoms with E-state index in [9.17, 15) is 10.2 Å². The standard InChI is InChI=1S/C17H29NO2/c1-11(19)10-18-12-8-13(16(2,3)4)15(20)14(9-12)17(5,6)7/h8-9,11,18-20H,10H2,1-7H3. The van der Waals surface area contributed by atoms with Crippen LogP contribution < -0.4 is 5.32 Å². The summed E-state index contributed by atoms with van der Waals surface area (Å²) in [6.45, 7) is 14.8. The molecule has 0 aliphatic carbocycles. The van der Waals surface area contributed by atoms with E-state index in [1.807, 2.05) is 12.1 Å². The molecular weight excluding hydrogens is 250 g/mol. The zero-order chi connectivity index (χ0) is 15.7. The molecule has 114 valence electrons. The molecule has 1 atom stereocenters. The third kappa shape index (κ3) is 4.14. The Labute approximate surface area is 123 Å². The average Bonchev–Trinajstić information content (AvgIpc) is 2.24. The van der Waals surface area contributed by atoms with Gasteiger partial charge in [0, 0.05) is 23.4 Å². The van der Waals surface area contributed by atoms with Crippen LogP contribution in [0, 0.1) is 0 Å². The summed E-state index contributed by atoms with van der Waals surface area (Å²) in [5, 5.41) is 23.2. The molecule has 0 saturated heterocycles. The van der Waals surface area contributed by atoms with E-state index in [-0.39, 0.29) is 10.8 Å². The Morgan fingerprint density at radius 3 is 1.70 bits per heavy atom. The highest BCUT2D eigenvalue weighted by atomic mass is 16.3. The summed E-state index contributed by atoms with van der Waals surface area (Å²) in [7, 11) is 0. The van der Waals surface area contributed by atoms with Crippen LogP contribution in [0.2, 0.25) is 0 Å². The molecule has 0 heterocycles. The Hall–Kier alpha value is -1.22. The van der Waals surface area contributed by atoms with Gasteiger partial charge in [-0.15, -0.1) is 0 Å². The molecule has 1 rings (SSSR count). The topological polar surface area (TPSA) is 52.5 Å². The monoisotopic (exact) mass is 279 g/mol. The number of phenolic OH excluding ortho intramolecular Hbond substituents is 1. The molecule has 1 aromatic rings. The summed E-state index contributed by atoms with van der Waals surface area (Å²) in [6.07, 6.45) is -0.403. The average molecular weight is 279 g/mol. The lowest BCUT2D eigenvalue weighted by molar-refractivity contribution is 0.208. The van der Waals surface area contributed by atoms with Crippen LogP contribution in [0.4, 0.5) is 5.69 Å². The van der Waals surface area contributed by atoms with E-state index in [0.29, 0.717) is 12.3 Å². The van der Waals surface area contributed by atoms with Crippen molar-refractivity contribution in [1.29, 1.82) is 0 Å². The third-order valence-electron chi connectivity index (χ3n) is 3.33. The van der Waals surface area contributed by atoms with Crippen molar-refractivity contribution in [2.24, 2.45) is 0 Å². The second kappa shape index (κ2) is 5.65. The number of phenols is 1. The van der Waals surface area contributed by atoms with Crippen molar-refractivity contribution in [2.45, 2.75) is 65.4 Å². The number of aliphatic hydroxyl groups is 1. The number of anilines is 1. The number of hydrogen-bond acceptors (Lipinski definition) is 3. The molecule has 1 unspecified atom stereocenters. The number of hydrogen-bond donors (Lipinski definition) is 3. The summed E-state index contributed by atoms with van der Waals surface area (Å²) in [6, 6.07) is 3.96. The first kappa shape index (κ1) is 16.8. The van der Waals surface area contributed by atoms with E-state index in [1.165, 1.54) is 0 Å². The van der Waals surface area contributed by atoms with Gasteiger partial charge in [-0.1, -0.05) is 41.5 Å². The quantitative estimate of drug-likeness (QED) is 0.738. The normalized spacial score (nSPS) is 14.2. The van der Waals surface area contributed by atoms with Crippen LogP contribution in [0.25, 0.3) is 0 Å². The zero-order valence-electron chi connectivity index (χ0n) is 13.8. The van der Waals surface area contributed by atoms with E-state index in [1.54, 1.807) is 6.92 Å². The SMILES string of the molecule is CC(O)CNc1cc(C(C)(C)C)c(O)c(C(C)(C)C)c1. The summed E-state index contributed by atoms with van der Waals surface area (Å²) >= 11 is 0. The van der Waals surface area contributed by atoms with E-state index in [0.717, 1.165) is 16.8 Å². The number of rotatable bonds is 3. The summed E-state index contributed by atoms with van der Waals surface area (Å²) < 4.78 is 0. The van der Waals surface area contributed by atoms with Crippen LogP contribution in [0.5, 0.6) is 5.75 Å².